The topological polar surface area (TPSA) is 67.9 Å². The lowest BCUT2D eigenvalue weighted by atomic mass is 10.2. The van der Waals surface area contributed by atoms with Gasteiger partial charge < -0.3 is 9.47 Å². The number of morpholine rings is 1. The van der Waals surface area contributed by atoms with Crippen molar-refractivity contribution in [3.8, 4) is 5.75 Å². The Morgan fingerprint density at radius 1 is 1.33 bits per heavy atom. The van der Waals surface area contributed by atoms with Gasteiger partial charge in [-0.2, -0.15) is 0 Å². The number of halogens is 1. The molecule has 1 aliphatic rings. The van der Waals surface area contributed by atoms with E-state index in [9.17, 15) is 8.42 Å². The van der Waals surface area contributed by atoms with Gasteiger partial charge in [0.1, 0.15) is 10.6 Å². The molecule has 1 aliphatic heterocycles. The number of aryl methyl sites for hydroxylation is 1. The highest BCUT2D eigenvalue weighted by atomic mass is 35.5. The average Bonchev–Trinajstić information content (AvgIpc) is 2.56. The van der Waals surface area contributed by atoms with Crippen LogP contribution in [-0.2, 0) is 14.8 Å². The molecule has 0 saturated carbocycles. The summed E-state index contributed by atoms with van der Waals surface area (Å²) < 4.78 is 38.8. The van der Waals surface area contributed by atoms with Crippen molar-refractivity contribution in [1.29, 1.82) is 0 Å². The first-order valence-corrected chi connectivity index (χ1v) is 10.0. The zero-order valence-corrected chi connectivity index (χ0v) is 15.8. The van der Waals surface area contributed by atoms with Crippen LogP contribution >= 0.6 is 11.6 Å². The number of nitrogens with one attached hydrogen (secondary N) is 1. The number of rotatable bonds is 8. The quantitative estimate of drug-likeness (QED) is 0.752. The van der Waals surface area contributed by atoms with Gasteiger partial charge in [0.25, 0.3) is 0 Å². The van der Waals surface area contributed by atoms with E-state index >= 15 is 0 Å². The fraction of sp³-hybridized carbons (Fsp3) is 0.625. The van der Waals surface area contributed by atoms with E-state index in [1.807, 2.05) is 13.8 Å². The van der Waals surface area contributed by atoms with E-state index in [4.69, 9.17) is 21.1 Å². The Morgan fingerprint density at radius 2 is 2.04 bits per heavy atom. The van der Waals surface area contributed by atoms with Gasteiger partial charge in [-0.3, -0.25) is 4.90 Å². The van der Waals surface area contributed by atoms with Crippen LogP contribution < -0.4 is 9.46 Å². The van der Waals surface area contributed by atoms with Gasteiger partial charge in [-0.15, -0.1) is 0 Å². The number of benzene rings is 1. The molecular formula is C16H25ClN2O4S. The predicted molar refractivity (Wildman–Crippen MR) is 94.4 cm³/mol. The minimum absolute atomic E-state index is 0.0912. The summed E-state index contributed by atoms with van der Waals surface area (Å²) in [6.45, 7) is 8.25. The Labute approximate surface area is 149 Å². The molecule has 8 heteroatoms. The number of hydrogen-bond acceptors (Lipinski definition) is 5. The van der Waals surface area contributed by atoms with Crippen LogP contribution in [0.5, 0.6) is 5.75 Å². The molecule has 0 atom stereocenters. The molecule has 0 aromatic heterocycles. The van der Waals surface area contributed by atoms with Crippen LogP contribution in [0.4, 0.5) is 0 Å². The molecule has 24 heavy (non-hydrogen) atoms. The molecule has 6 nitrogen and oxygen atoms in total. The maximum atomic E-state index is 12.6. The highest BCUT2D eigenvalue weighted by Crippen LogP contribution is 2.30. The Bertz CT molecular complexity index is 646. The minimum Gasteiger partial charge on any atom is -0.492 e. The zero-order valence-electron chi connectivity index (χ0n) is 14.2. The standard InChI is InChI=1S/C16H25ClN2O4S/c1-3-8-23-15-11-13(2)14(17)12-16(15)24(20,21)18-4-5-19-6-9-22-10-7-19/h11-12,18H,3-10H2,1-2H3. The summed E-state index contributed by atoms with van der Waals surface area (Å²) in [5.41, 5.74) is 0.787. The largest absolute Gasteiger partial charge is 0.492 e. The third-order valence-corrected chi connectivity index (χ3v) is 5.69. The number of sulfonamides is 1. The molecule has 0 radical (unpaired) electrons. The third kappa shape index (κ3) is 5.32. The zero-order chi connectivity index (χ0) is 17.6. The van der Waals surface area contributed by atoms with Crippen LogP contribution in [0.1, 0.15) is 18.9 Å². The Balaban J connectivity index is 2.07. The van der Waals surface area contributed by atoms with E-state index in [2.05, 4.69) is 9.62 Å². The molecule has 136 valence electrons. The molecule has 1 aromatic rings. The first-order valence-electron chi connectivity index (χ1n) is 8.16. The summed E-state index contributed by atoms with van der Waals surface area (Å²) in [6, 6.07) is 3.13. The summed E-state index contributed by atoms with van der Waals surface area (Å²) >= 11 is 6.11. The molecule has 1 fully saturated rings. The Kier molecular flexibility index (Phi) is 7.31. The highest BCUT2D eigenvalue weighted by molar-refractivity contribution is 7.89. The average molecular weight is 377 g/mol. The second kappa shape index (κ2) is 9.01. The summed E-state index contributed by atoms with van der Waals surface area (Å²) in [6.07, 6.45) is 0.797. The van der Waals surface area contributed by atoms with E-state index in [-0.39, 0.29) is 4.90 Å². The molecule has 1 saturated heterocycles. The van der Waals surface area contributed by atoms with Gasteiger partial charge in [-0.05, 0) is 31.0 Å². The van der Waals surface area contributed by atoms with Crippen molar-refractivity contribution in [3.63, 3.8) is 0 Å². The van der Waals surface area contributed by atoms with Gasteiger partial charge >= 0.3 is 0 Å². The van der Waals surface area contributed by atoms with Crippen molar-refractivity contribution in [2.24, 2.45) is 0 Å². The van der Waals surface area contributed by atoms with Crippen molar-refractivity contribution in [2.45, 2.75) is 25.2 Å². The normalized spacial score (nSPS) is 16.3. The van der Waals surface area contributed by atoms with Gasteiger partial charge in [0.2, 0.25) is 10.0 Å². The molecule has 0 amide bonds. The van der Waals surface area contributed by atoms with Crippen LogP contribution in [0.15, 0.2) is 17.0 Å². The number of ether oxygens (including phenoxy) is 2. The summed E-state index contributed by atoms with van der Waals surface area (Å²) in [5, 5.41) is 0.410. The van der Waals surface area contributed by atoms with E-state index < -0.39 is 10.0 Å². The van der Waals surface area contributed by atoms with Crippen molar-refractivity contribution in [1.82, 2.24) is 9.62 Å². The second-order valence-corrected chi connectivity index (χ2v) is 7.89. The lowest BCUT2D eigenvalue weighted by Crippen LogP contribution is -2.41. The maximum absolute atomic E-state index is 12.6. The first kappa shape index (κ1) is 19.5. The van der Waals surface area contributed by atoms with E-state index in [0.717, 1.165) is 25.1 Å². The van der Waals surface area contributed by atoms with Crippen LogP contribution in [0.3, 0.4) is 0 Å². The van der Waals surface area contributed by atoms with Crippen molar-refractivity contribution < 1.29 is 17.9 Å². The first-order chi connectivity index (χ1) is 11.4. The summed E-state index contributed by atoms with van der Waals surface area (Å²) in [4.78, 5) is 2.26. The molecule has 0 bridgehead atoms. The van der Waals surface area contributed by atoms with Gasteiger partial charge in [0, 0.05) is 31.2 Å². The Morgan fingerprint density at radius 3 is 2.71 bits per heavy atom. The fourth-order valence-corrected chi connectivity index (χ4v) is 3.81. The molecule has 1 heterocycles. The minimum atomic E-state index is -3.68. The van der Waals surface area contributed by atoms with E-state index in [1.165, 1.54) is 6.07 Å². The Hall–Kier alpha value is -0.860. The number of hydrogen-bond donors (Lipinski definition) is 1. The lowest BCUT2D eigenvalue weighted by molar-refractivity contribution is 0.0390. The second-order valence-electron chi connectivity index (χ2n) is 5.75. The van der Waals surface area contributed by atoms with Gasteiger partial charge in [0.05, 0.1) is 19.8 Å². The van der Waals surface area contributed by atoms with Crippen molar-refractivity contribution in [3.05, 3.63) is 22.7 Å². The molecule has 1 aromatic carbocycles. The molecule has 0 unspecified atom stereocenters. The predicted octanol–water partition coefficient (Wildman–Crippen LogP) is 2.05. The summed E-state index contributed by atoms with van der Waals surface area (Å²) in [7, 11) is -3.68. The van der Waals surface area contributed by atoms with Gasteiger partial charge in [-0.1, -0.05) is 18.5 Å². The third-order valence-electron chi connectivity index (χ3n) is 3.80. The molecule has 0 spiro atoms. The molecule has 2 rings (SSSR count). The van der Waals surface area contributed by atoms with Gasteiger partial charge in [-0.25, -0.2) is 13.1 Å². The van der Waals surface area contributed by atoms with Crippen molar-refractivity contribution in [2.75, 3.05) is 46.0 Å². The van der Waals surface area contributed by atoms with Crippen molar-refractivity contribution >= 4 is 21.6 Å². The smallest absolute Gasteiger partial charge is 0.244 e. The highest BCUT2D eigenvalue weighted by Gasteiger charge is 2.21. The summed E-state index contributed by atoms with van der Waals surface area (Å²) in [5.74, 6) is 0.345. The van der Waals surface area contributed by atoms with E-state index in [0.29, 0.717) is 43.7 Å². The monoisotopic (exact) mass is 376 g/mol. The molecule has 1 N–H and O–H groups in total. The van der Waals surface area contributed by atoms with Crippen LogP contribution in [0.2, 0.25) is 5.02 Å². The van der Waals surface area contributed by atoms with E-state index in [1.54, 1.807) is 6.07 Å². The van der Waals surface area contributed by atoms with Crippen LogP contribution in [0.25, 0.3) is 0 Å². The molecule has 0 aliphatic carbocycles. The number of nitrogens with zero attached hydrogens (tertiary/aromatic N) is 1. The maximum Gasteiger partial charge on any atom is 0.244 e. The van der Waals surface area contributed by atoms with Crippen LogP contribution in [-0.4, -0.2) is 59.3 Å². The van der Waals surface area contributed by atoms with Gasteiger partial charge in [0.15, 0.2) is 0 Å². The van der Waals surface area contributed by atoms with Crippen LogP contribution in [0, 0.1) is 6.92 Å². The molecular weight excluding hydrogens is 352 g/mol. The lowest BCUT2D eigenvalue weighted by Gasteiger charge is -2.26. The SMILES string of the molecule is CCCOc1cc(C)c(Cl)cc1S(=O)(=O)NCCN1CCOCC1. The fourth-order valence-electron chi connectivity index (χ4n) is 2.41.